The van der Waals surface area contributed by atoms with E-state index in [2.05, 4.69) is 43.0 Å². The highest BCUT2D eigenvalue weighted by Gasteiger charge is 2.21. The number of rotatable bonds is 6. The van der Waals surface area contributed by atoms with Gasteiger partial charge in [-0.3, -0.25) is 9.69 Å². The van der Waals surface area contributed by atoms with Crippen molar-refractivity contribution in [1.82, 2.24) is 4.90 Å². The minimum absolute atomic E-state index is 0.0737. The van der Waals surface area contributed by atoms with E-state index in [1.807, 2.05) is 12.1 Å². The number of carbonyl (C=O) groups excluding carboxylic acids is 1. The van der Waals surface area contributed by atoms with Crippen LogP contribution in [0, 0.1) is 11.8 Å². The molecule has 0 aliphatic carbocycles. The monoisotopic (exact) mass is 351 g/mol. The van der Waals surface area contributed by atoms with Crippen molar-refractivity contribution in [2.45, 2.75) is 40.3 Å². The van der Waals surface area contributed by atoms with Crippen LogP contribution in [0.4, 0.5) is 0 Å². The van der Waals surface area contributed by atoms with Gasteiger partial charge in [0, 0.05) is 25.2 Å². The van der Waals surface area contributed by atoms with Crippen molar-refractivity contribution >= 4 is 5.78 Å². The molecule has 2 aromatic rings. The zero-order valence-corrected chi connectivity index (χ0v) is 16.1. The number of Topliss-reactive ketones (excluding diaryl/α,β-unsaturated/α-hetero) is 1. The molecule has 0 amide bonds. The number of carbonyl (C=O) groups is 1. The molecule has 0 aromatic heterocycles. The average molecular weight is 351 g/mol. The minimum atomic E-state index is 0.0737. The second kappa shape index (κ2) is 8.50. The molecule has 26 heavy (non-hydrogen) atoms. The van der Waals surface area contributed by atoms with Crippen LogP contribution in [0.1, 0.15) is 48.7 Å². The molecule has 3 rings (SSSR count). The van der Waals surface area contributed by atoms with Gasteiger partial charge < -0.3 is 4.74 Å². The first kappa shape index (κ1) is 18.7. The molecular weight excluding hydrogens is 322 g/mol. The van der Waals surface area contributed by atoms with Gasteiger partial charge in [0.1, 0.15) is 12.4 Å². The number of benzene rings is 2. The van der Waals surface area contributed by atoms with Crippen LogP contribution in [0.15, 0.2) is 48.5 Å². The smallest absolute Gasteiger partial charge is 0.159 e. The molecule has 0 N–H and O–H groups in total. The highest BCUT2D eigenvalue weighted by Crippen LogP contribution is 2.22. The summed E-state index contributed by atoms with van der Waals surface area (Å²) in [7, 11) is 0. The van der Waals surface area contributed by atoms with Crippen LogP contribution in [-0.4, -0.2) is 23.8 Å². The van der Waals surface area contributed by atoms with E-state index in [1.165, 1.54) is 25.1 Å². The summed E-state index contributed by atoms with van der Waals surface area (Å²) in [6.07, 6.45) is 1.35. The predicted octanol–water partition coefficient (Wildman–Crippen LogP) is 4.95. The van der Waals surface area contributed by atoms with E-state index in [1.54, 1.807) is 19.1 Å². The maximum absolute atomic E-state index is 11.3. The molecule has 138 valence electrons. The fourth-order valence-electron chi connectivity index (χ4n) is 3.87. The average Bonchev–Trinajstić information content (AvgIpc) is 2.60. The summed E-state index contributed by atoms with van der Waals surface area (Å²) < 4.78 is 5.82. The van der Waals surface area contributed by atoms with Gasteiger partial charge in [0.2, 0.25) is 0 Å². The van der Waals surface area contributed by atoms with Crippen molar-refractivity contribution in [1.29, 1.82) is 0 Å². The maximum Gasteiger partial charge on any atom is 0.159 e. The van der Waals surface area contributed by atoms with Crippen LogP contribution in [-0.2, 0) is 13.2 Å². The van der Waals surface area contributed by atoms with Crippen LogP contribution >= 0.6 is 0 Å². The van der Waals surface area contributed by atoms with E-state index >= 15 is 0 Å². The summed E-state index contributed by atoms with van der Waals surface area (Å²) in [5.74, 6) is 2.45. The fourth-order valence-corrected chi connectivity index (χ4v) is 3.87. The molecule has 2 unspecified atom stereocenters. The predicted molar refractivity (Wildman–Crippen MR) is 105 cm³/mol. The summed E-state index contributed by atoms with van der Waals surface area (Å²) in [4.78, 5) is 13.9. The van der Waals surface area contributed by atoms with E-state index < -0.39 is 0 Å². The molecular formula is C23H29NO2. The minimum Gasteiger partial charge on any atom is -0.489 e. The molecule has 1 aliphatic heterocycles. The van der Waals surface area contributed by atoms with E-state index in [-0.39, 0.29) is 5.78 Å². The number of piperidine rings is 1. The van der Waals surface area contributed by atoms with Gasteiger partial charge in [0.25, 0.3) is 0 Å². The number of likely N-dealkylation sites (tertiary alicyclic amines) is 1. The summed E-state index contributed by atoms with van der Waals surface area (Å²) in [6, 6.07) is 16.0. The number of hydrogen-bond donors (Lipinski definition) is 0. The van der Waals surface area contributed by atoms with Gasteiger partial charge in [-0.25, -0.2) is 0 Å². The van der Waals surface area contributed by atoms with E-state index in [9.17, 15) is 4.79 Å². The number of nitrogens with zero attached hydrogens (tertiary/aromatic N) is 1. The standard InChI is InChI=1S/C23H29NO2/c1-17-12-18(2)14-24(13-17)15-20-4-6-21(7-5-20)16-26-23-10-8-22(9-11-23)19(3)25/h4-11,17-18H,12-16H2,1-3H3. The molecule has 1 heterocycles. The Labute approximate surface area is 157 Å². The normalized spacial score (nSPS) is 20.7. The molecule has 3 heteroatoms. The molecule has 1 saturated heterocycles. The molecule has 0 radical (unpaired) electrons. The highest BCUT2D eigenvalue weighted by atomic mass is 16.5. The lowest BCUT2D eigenvalue weighted by atomic mass is 9.91. The maximum atomic E-state index is 11.3. The third kappa shape index (κ3) is 5.18. The van der Waals surface area contributed by atoms with Gasteiger partial charge in [-0.2, -0.15) is 0 Å². The van der Waals surface area contributed by atoms with Crippen LogP contribution in [0.25, 0.3) is 0 Å². The first-order valence-corrected chi connectivity index (χ1v) is 9.53. The quantitative estimate of drug-likeness (QED) is 0.690. The van der Waals surface area contributed by atoms with Crippen LogP contribution in [0.2, 0.25) is 0 Å². The third-order valence-corrected chi connectivity index (χ3v) is 5.04. The molecule has 0 spiro atoms. The molecule has 1 fully saturated rings. The molecule has 0 bridgehead atoms. The SMILES string of the molecule is CC(=O)c1ccc(OCc2ccc(CN3CC(C)CC(C)C3)cc2)cc1. The van der Waals surface area contributed by atoms with Crippen LogP contribution < -0.4 is 4.74 Å². The largest absolute Gasteiger partial charge is 0.489 e. The first-order chi connectivity index (χ1) is 12.5. The van der Waals surface area contributed by atoms with Crippen molar-refractivity contribution in [3.05, 3.63) is 65.2 Å². The molecule has 0 saturated carbocycles. The summed E-state index contributed by atoms with van der Waals surface area (Å²) in [5, 5.41) is 0. The molecule has 2 atom stereocenters. The zero-order chi connectivity index (χ0) is 18.5. The van der Waals surface area contributed by atoms with Gasteiger partial charge in [-0.05, 0) is 60.6 Å². The summed E-state index contributed by atoms with van der Waals surface area (Å²) in [5.41, 5.74) is 3.23. The van der Waals surface area contributed by atoms with E-state index in [0.29, 0.717) is 12.2 Å². The van der Waals surface area contributed by atoms with Gasteiger partial charge >= 0.3 is 0 Å². The highest BCUT2D eigenvalue weighted by molar-refractivity contribution is 5.94. The lowest BCUT2D eigenvalue weighted by Crippen LogP contribution is -2.38. The van der Waals surface area contributed by atoms with Crippen molar-refractivity contribution in [2.75, 3.05) is 13.1 Å². The summed E-state index contributed by atoms with van der Waals surface area (Å²) >= 11 is 0. The van der Waals surface area contributed by atoms with Crippen molar-refractivity contribution < 1.29 is 9.53 Å². The Bertz CT molecular complexity index is 711. The second-order valence-corrected chi connectivity index (χ2v) is 7.83. The van der Waals surface area contributed by atoms with E-state index in [0.717, 1.165) is 29.7 Å². The van der Waals surface area contributed by atoms with Gasteiger partial charge in [-0.1, -0.05) is 38.1 Å². The van der Waals surface area contributed by atoms with Crippen molar-refractivity contribution in [2.24, 2.45) is 11.8 Å². The number of ether oxygens (including phenoxy) is 1. The topological polar surface area (TPSA) is 29.5 Å². The van der Waals surface area contributed by atoms with Crippen LogP contribution in [0.3, 0.4) is 0 Å². The first-order valence-electron chi connectivity index (χ1n) is 9.53. The Morgan fingerprint density at radius 2 is 1.54 bits per heavy atom. The van der Waals surface area contributed by atoms with Gasteiger partial charge in [-0.15, -0.1) is 0 Å². The Morgan fingerprint density at radius 1 is 0.962 bits per heavy atom. The Hall–Kier alpha value is -2.13. The summed E-state index contributed by atoms with van der Waals surface area (Å²) in [6.45, 7) is 10.2. The zero-order valence-electron chi connectivity index (χ0n) is 16.1. The van der Waals surface area contributed by atoms with Crippen molar-refractivity contribution in [3.8, 4) is 5.75 Å². The van der Waals surface area contributed by atoms with Gasteiger partial charge in [0.05, 0.1) is 0 Å². The molecule has 1 aliphatic rings. The Morgan fingerprint density at radius 3 is 2.12 bits per heavy atom. The Kier molecular flexibility index (Phi) is 6.10. The van der Waals surface area contributed by atoms with E-state index in [4.69, 9.17) is 4.74 Å². The second-order valence-electron chi connectivity index (χ2n) is 7.83. The molecule has 2 aromatic carbocycles. The fraction of sp³-hybridized carbons (Fsp3) is 0.435. The van der Waals surface area contributed by atoms with Crippen molar-refractivity contribution in [3.63, 3.8) is 0 Å². The number of ketones is 1. The van der Waals surface area contributed by atoms with Gasteiger partial charge in [0.15, 0.2) is 5.78 Å². The number of hydrogen-bond acceptors (Lipinski definition) is 3. The molecule has 3 nitrogen and oxygen atoms in total. The third-order valence-electron chi connectivity index (χ3n) is 5.04. The lowest BCUT2D eigenvalue weighted by Gasteiger charge is -2.35. The Balaban J connectivity index is 1.52. The van der Waals surface area contributed by atoms with Crippen LogP contribution in [0.5, 0.6) is 5.75 Å². The lowest BCUT2D eigenvalue weighted by molar-refractivity contribution is 0.101.